The van der Waals surface area contributed by atoms with Gasteiger partial charge < -0.3 is 0 Å². The minimum Gasteiger partial charge on any atom is -0.0955 e. The van der Waals surface area contributed by atoms with Gasteiger partial charge in [0, 0.05) is 5.41 Å². The molecule has 0 heteroatoms. The maximum atomic E-state index is 4.05. The Bertz CT molecular complexity index is 646. The van der Waals surface area contributed by atoms with E-state index in [0.29, 0.717) is 5.41 Å². The summed E-state index contributed by atoms with van der Waals surface area (Å²) in [5, 5.41) is 0. The quantitative estimate of drug-likeness (QED) is 0.488. The molecule has 0 atom stereocenters. The van der Waals surface area contributed by atoms with E-state index < -0.39 is 0 Å². The van der Waals surface area contributed by atoms with Crippen LogP contribution in [0.3, 0.4) is 0 Å². The van der Waals surface area contributed by atoms with E-state index in [4.69, 9.17) is 0 Å². The molecular formula is C24H34. The van der Waals surface area contributed by atoms with Gasteiger partial charge in [-0.05, 0) is 54.7 Å². The van der Waals surface area contributed by atoms with Gasteiger partial charge in [0.15, 0.2) is 0 Å². The first kappa shape index (κ1) is 18.8. The minimum atomic E-state index is 0.0883. The summed E-state index contributed by atoms with van der Waals surface area (Å²) in [6.07, 6.45) is 9.72. The van der Waals surface area contributed by atoms with Gasteiger partial charge in [-0.25, -0.2) is 0 Å². The Balaban J connectivity index is 2.53. The molecule has 24 heavy (non-hydrogen) atoms. The van der Waals surface area contributed by atoms with Gasteiger partial charge in [0.05, 0.1) is 0 Å². The summed E-state index contributed by atoms with van der Waals surface area (Å²) < 4.78 is 0. The molecule has 0 aliphatic heterocycles. The van der Waals surface area contributed by atoms with Crippen LogP contribution in [0.5, 0.6) is 0 Å². The van der Waals surface area contributed by atoms with Crippen molar-refractivity contribution < 1.29 is 0 Å². The van der Waals surface area contributed by atoms with Crippen LogP contribution in [0.15, 0.2) is 48.6 Å². The third-order valence-corrected chi connectivity index (χ3v) is 6.07. The zero-order chi connectivity index (χ0) is 18.0. The van der Waals surface area contributed by atoms with Gasteiger partial charge in [-0.2, -0.15) is 0 Å². The van der Waals surface area contributed by atoms with E-state index >= 15 is 0 Å². The molecule has 1 aromatic rings. The van der Waals surface area contributed by atoms with Gasteiger partial charge in [-0.3, -0.25) is 0 Å². The topological polar surface area (TPSA) is 0 Å². The molecular weight excluding hydrogens is 288 g/mol. The first-order valence-corrected chi connectivity index (χ1v) is 9.50. The Hall–Kier alpha value is -1.56. The summed E-state index contributed by atoms with van der Waals surface area (Å²) >= 11 is 0. The summed E-state index contributed by atoms with van der Waals surface area (Å²) in [7, 11) is 0. The largest absolute Gasteiger partial charge is 0.0955 e. The van der Waals surface area contributed by atoms with E-state index in [1.807, 2.05) is 0 Å². The van der Waals surface area contributed by atoms with Crippen molar-refractivity contribution >= 4 is 11.1 Å². The molecule has 0 bridgehead atoms. The van der Waals surface area contributed by atoms with E-state index in [9.17, 15) is 0 Å². The van der Waals surface area contributed by atoms with E-state index in [0.717, 1.165) is 18.4 Å². The molecule has 0 unspecified atom stereocenters. The lowest BCUT2D eigenvalue weighted by Gasteiger charge is -2.48. The lowest BCUT2D eigenvalue weighted by atomic mass is 9.56. The number of hydrogen-bond acceptors (Lipinski definition) is 0. The third-order valence-electron chi connectivity index (χ3n) is 6.07. The molecule has 0 nitrogen and oxygen atoms in total. The molecule has 0 fully saturated rings. The second-order valence-electron chi connectivity index (χ2n) is 7.82. The Kier molecular flexibility index (Phi) is 5.58. The molecule has 0 aromatic heterocycles. The predicted octanol–water partition coefficient (Wildman–Crippen LogP) is 7.68. The Morgan fingerprint density at radius 3 is 2.12 bits per heavy atom. The van der Waals surface area contributed by atoms with Crippen LogP contribution in [0.25, 0.3) is 11.1 Å². The SMILES string of the molecule is C=C(C)c1ccc(C2=CCC(CC)(CC)/C(=C\CC)C2(C)C)cc1. The molecule has 0 saturated carbocycles. The lowest BCUT2D eigenvalue weighted by molar-refractivity contribution is 0.270. The van der Waals surface area contributed by atoms with Crippen molar-refractivity contribution in [2.45, 2.75) is 67.2 Å². The van der Waals surface area contributed by atoms with E-state index in [1.54, 1.807) is 5.57 Å². The van der Waals surface area contributed by atoms with Crippen molar-refractivity contribution in [1.82, 2.24) is 0 Å². The highest BCUT2D eigenvalue weighted by molar-refractivity contribution is 5.76. The maximum absolute atomic E-state index is 4.05. The van der Waals surface area contributed by atoms with E-state index in [2.05, 4.69) is 84.5 Å². The molecule has 130 valence electrons. The van der Waals surface area contributed by atoms with Crippen molar-refractivity contribution in [2.75, 3.05) is 0 Å². The van der Waals surface area contributed by atoms with Gasteiger partial charge >= 0.3 is 0 Å². The third kappa shape index (κ3) is 3.16. The van der Waals surface area contributed by atoms with Crippen molar-refractivity contribution in [1.29, 1.82) is 0 Å². The maximum Gasteiger partial charge on any atom is 0.0113 e. The van der Waals surface area contributed by atoms with Crippen molar-refractivity contribution in [3.05, 3.63) is 59.7 Å². The number of allylic oxidation sites excluding steroid dienone is 5. The second kappa shape index (κ2) is 7.13. The summed E-state index contributed by atoms with van der Waals surface area (Å²) in [4.78, 5) is 0. The summed E-state index contributed by atoms with van der Waals surface area (Å²) in [5.41, 5.74) is 7.26. The van der Waals surface area contributed by atoms with Gasteiger partial charge in [0.25, 0.3) is 0 Å². The molecule has 0 spiro atoms. The monoisotopic (exact) mass is 322 g/mol. The van der Waals surface area contributed by atoms with Crippen LogP contribution in [-0.2, 0) is 0 Å². The number of benzene rings is 1. The van der Waals surface area contributed by atoms with Crippen LogP contribution in [0.2, 0.25) is 0 Å². The molecule has 0 saturated heterocycles. The van der Waals surface area contributed by atoms with E-state index in [-0.39, 0.29) is 5.41 Å². The van der Waals surface area contributed by atoms with Crippen LogP contribution in [0.1, 0.15) is 78.4 Å². The van der Waals surface area contributed by atoms with Gasteiger partial charge in [0.1, 0.15) is 0 Å². The zero-order valence-corrected chi connectivity index (χ0v) is 16.5. The highest BCUT2D eigenvalue weighted by Crippen LogP contribution is 2.56. The highest BCUT2D eigenvalue weighted by atomic mass is 14.5. The first-order valence-electron chi connectivity index (χ1n) is 9.50. The van der Waals surface area contributed by atoms with Crippen molar-refractivity contribution in [2.24, 2.45) is 10.8 Å². The fourth-order valence-corrected chi connectivity index (χ4v) is 4.48. The number of rotatable bonds is 5. The second-order valence-corrected chi connectivity index (χ2v) is 7.82. The molecule has 0 N–H and O–H groups in total. The Morgan fingerprint density at radius 2 is 1.67 bits per heavy atom. The molecule has 0 heterocycles. The average molecular weight is 323 g/mol. The van der Waals surface area contributed by atoms with Crippen molar-refractivity contribution in [3.8, 4) is 0 Å². The highest BCUT2D eigenvalue weighted by Gasteiger charge is 2.43. The number of hydrogen-bond donors (Lipinski definition) is 0. The smallest absolute Gasteiger partial charge is 0.0113 e. The van der Waals surface area contributed by atoms with Gasteiger partial charge in [-0.15, -0.1) is 0 Å². The molecule has 1 aromatic carbocycles. The van der Waals surface area contributed by atoms with Crippen LogP contribution in [0.4, 0.5) is 0 Å². The van der Waals surface area contributed by atoms with Crippen molar-refractivity contribution in [3.63, 3.8) is 0 Å². The van der Waals surface area contributed by atoms with E-state index in [1.165, 1.54) is 29.5 Å². The first-order chi connectivity index (χ1) is 11.3. The summed E-state index contributed by atoms with van der Waals surface area (Å²) in [5.74, 6) is 0. The fourth-order valence-electron chi connectivity index (χ4n) is 4.48. The predicted molar refractivity (Wildman–Crippen MR) is 109 cm³/mol. The summed E-state index contributed by atoms with van der Waals surface area (Å²) in [6.45, 7) is 17.9. The lowest BCUT2D eigenvalue weighted by Crippen LogP contribution is -2.35. The summed E-state index contributed by atoms with van der Waals surface area (Å²) in [6, 6.07) is 8.96. The standard InChI is InChI=1S/C24H34/c1-8-11-22-23(6,7)21(16-17-24(22,9-2)10-3)20-14-12-19(13-15-20)18(4)5/h11-16H,4,8-10,17H2,1-3,5-7H3/b22-11-. The molecule has 0 radical (unpaired) electrons. The Labute approximate surface area is 149 Å². The molecule has 2 rings (SSSR count). The molecule has 1 aliphatic rings. The zero-order valence-electron chi connectivity index (χ0n) is 16.5. The van der Waals surface area contributed by atoms with Gasteiger partial charge in [0.2, 0.25) is 0 Å². The van der Waals surface area contributed by atoms with Crippen LogP contribution >= 0.6 is 0 Å². The average Bonchev–Trinajstić information content (AvgIpc) is 2.57. The molecule has 1 aliphatic carbocycles. The Morgan fingerprint density at radius 1 is 1.08 bits per heavy atom. The van der Waals surface area contributed by atoms with Crippen LogP contribution in [-0.4, -0.2) is 0 Å². The van der Waals surface area contributed by atoms with Crippen LogP contribution in [0, 0.1) is 10.8 Å². The minimum absolute atomic E-state index is 0.0883. The van der Waals surface area contributed by atoms with Gasteiger partial charge in [-0.1, -0.05) is 88.8 Å². The normalized spacial score (nSPS) is 20.8. The molecule has 0 amide bonds. The van der Waals surface area contributed by atoms with Crippen LogP contribution < -0.4 is 0 Å². The fraction of sp³-hybridized carbons (Fsp3) is 0.500.